The average Bonchev–Trinajstić information content (AvgIpc) is 3.06. The predicted molar refractivity (Wildman–Crippen MR) is 102 cm³/mol. The molecule has 2 aromatic heterocycles. The second-order valence-electron chi connectivity index (χ2n) is 6.60. The number of carbonyl (C=O) groups excluding carboxylic acids is 2. The van der Waals surface area contributed by atoms with Gasteiger partial charge in [0.05, 0.1) is 12.6 Å². The Morgan fingerprint density at radius 2 is 2.18 bits per heavy atom. The molecule has 3 heterocycles. The standard InChI is InChI=1S/C19H20N6O3/c1-28-10-14-16(17(20)26)18-21-7-6-15(25(18)24-14)19(27)23-12-8-11-4-2-3-5-13(11)22-9-12/h2-7,12,22H,8-10H2,1H3,(H2,20,26)(H,23,27). The Hall–Kier alpha value is -3.46. The van der Waals surface area contributed by atoms with Gasteiger partial charge >= 0.3 is 0 Å². The summed E-state index contributed by atoms with van der Waals surface area (Å²) >= 11 is 0. The number of benzene rings is 1. The Morgan fingerprint density at radius 3 is 2.96 bits per heavy atom. The first-order chi connectivity index (χ1) is 13.6. The van der Waals surface area contributed by atoms with E-state index in [1.165, 1.54) is 17.8 Å². The van der Waals surface area contributed by atoms with E-state index < -0.39 is 5.91 Å². The molecule has 0 bridgehead atoms. The molecule has 0 saturated heterocycles. The molecule has 1 atom stereocenters. The van der Waals surface area contributed by atoms with Gasteiger partial charge in [0.25, 0.3) is 11.8 Å². The molecule has 1 aliphatic heterocycles. The maximum absolute atomic E-state index is 12.9. The molecule has 0 radical (unpaired) electrons. The van der Waals surface area contributed by atoms with Gasteiger partial charge in [-0.1, -0.05) is 18.2 Å². The van der Waals surface area contributed by atoms with Crippen LogP contribution in [-0.4, -0.2) is 46.1 Å². The first-order valence-electron chi connectivity index (χ1n) is 8.86. The number of hydrogen-bond donors (Lipinski definition) is 3. The fourth-order valence-corrected chi connectivity index (χ4v) is 3.45. The van der Waals surface area contributed by atoms with E-state index >= 15 is 0 Å². The van der Waals surface area contributed by atoms with E-state index in [0.29, 0.717) is 12.2 Å². The molecular weight excluding hydrogens is 360 g/mol. The second-order valence-corrected chi connectivity index (χ2v) is 6.60. The number of rotatable bonds is 5. The first-order valence-corrected chi connectivity index (χ1v) is 8.86. The number of nitrogens with two attached hydrogens (primary N) is 1. The van der Waals surface area contributed by atoms with E-state index in [1.807, 2.05) is 24.3 Å². The third kappa shape index (κ3) is 3.16. The molecule has 1 aromatic carbocycles. The minimum Gasteiger partial charge on any atom is -0.383 e. The predicted octanol–water partition coefficient (Wildman–Crippen LogP) is 0.741. The van der Waals surface area contributed by atoms with Crippen LogP contribution in [0.2, 0.25) is 0 Å². The lowest BCUT2D eigenvalue weighted by atomic mass is 9.99. The Kier molecular flexibility index (Phi) is 4.66. The van der Waals surface area contributed by atoms with Gasteiger partial charge in [0.15, 0.2) is 5.65 Å². The van der Waals surface area contributed by atoms with Crippen molar-refractivity contribution in [3.8, 4) is 0 Å². The van der Waals surface area contributed by atoms with Gasteiger partial charge in [-0.25, -0.2) is 9.50 Å². The Balaban J connectivity index is 1.63. The zero-order valence-electron chi connectivity index (χ0n) is 15.3. The van der Waals surface area contributed by atoms with Gasteiger partial charge in [-0.3, -0.25) is 9.59 Å². The van der Waals surface area contributed by atoms with Gasteiger partial charge < -0.3 is 21.1 Å². The van der Waals surface area contributed by atoms with Crippen LogP contribution in [0.5, 0.6) is 0 Å². The van der Waals surface area contributed by atoms with Crippen LogP contribution in [0.25, 0.3) is 5.65 Å². The molecule has 1 aliphatic rings. The van der Waals surface area contributed by atoms with Crippen LogP contribution in [-0.2, 0) is 17.8 Å². The second kappa shape index (κ2) is 7.28. The van der Waals surface area contributed by atoms with Gasteiger partial charge in [0.1, 0.15) is 17.0 Å². The molecule has 0 fully saturated rings. The maximum Gasteiger partial charge on any atom is 0.270 e. The van der Waals surface area contributed by atoms with Crippen LogP contribution in [0.3, 0.4) is 0 Å². The molecule has 2 amide bonds. The van der Waals surface area contributed by atoms with Gasteiger partial charge in [-0.05, 0) is 24.1 Å². The lowest BCUT2D eigenvalue weighted by Gasteiger charge is -2.26. The summed E-state index contributed by atoms with van der Waals surface area (Å²) in [7, 11) is 1.49. The highest BCUT2D eigenvalue weighted by Crippen LogP contribution is 2.21. The van der Waals surface area contributed by atoms with Crippen molar-refractivity contribution in [1.82, 2.24) is 19.9 Å². The fraction of sp³-hybridized carbons (Fsp3) is 0.263. The number of anilines is 1. The summed E-state index contributed by atoms with van der Waals surface area (Å²) in [5, 5.41) is 10.7. The minimum atomic E-state index is -0.666. The summed E-state index contributed by atoms with van der Waals surface area (Å²) in [4.78, 5) is 28.9. The molecule has 0 saturated carbocycles. The summed E-state index contributed by atoms with van der Waals surface area (Å²) in [5.74, 6) is -0.971. The van der Waals surface area contributed by atoms with Crippen molar-refractivity contribution in [2.45, 2.75) is 19.1 Å². The summed E-state index contributed by atoms with van der Waals surface area (Å²) < 4.78 is 6.42. The summed E-state index contributed by atoms with van der Waals surface area (Å²) in [6, 6.07) is 9.49. The van der Waals surface area contributed by atoms with Crippen molar-refractivity contribution in [1.29, 1.82) is 0 Å². The number of methoxy groups -OCH3 is 1. The molecule has 0 aliphatic carbocycles. The highest BCUT2D eigenvalue weighted by molar-refractivity contribution is 6.01. The van der Waals surface area contributed by atoms with Gasteiger partial charge in [-0.2, -0.15) is 5.10 Å². The first kappa shape index (κ1) is 17.9. The minimum absolute atomic E-state index is 0.0739. The van der Waals surface area contributed by atoms with Crippen LogP contribution in [0.1, 0.15) is 32.1 Å². The van der Waals surface area contributed by atoms with Crippen molar-refractivity contribution < 1.29 is 14.3 Å². The van der Waals surface area contributed by atoms with Crippen molar-refractivity contribution in [2.24, 2.45) is 5.73 Å². The molecule has 4 rings (SSSR count). The summed E-state index contributed by atoms with van der Waals surface area (Å²) in [5.41, 5.74) is 8.72. The van der Waals surface area contributed by atoms with Gasteiger partial charge in [-0.15, -0.1) is 0 Å². The number of nitrogens with zero attached hydrogens (tertiary/aromatic N) is 3. The SMILES string of the molecule is COCc1nn2c(C(=O)NC3CNc4ccccc4C3)ccnc2c1C(N)=O. The van der Waals surface area contributed by atoms with Crippen molar-refractivity contribution in [3.05, 3.63) is 59.0 Å². The van der Waals surface area contributed by atoms with Crippen LogP contribution in [0.4, 0.5) is 5.69 Å². The lowest BCUT2D eigenvalue weighted by Crippen LogP contribution is -2.44. The number of hydrogen-bond acceptors (Lipinski definition) is 6. The van der Waals surface area contributed by atoms with E-state index in [0.717, 1.165) is 17.7 Å². The molecule has 4 N–H and O–H groups in total. The number of para-hydroxylation sites is 1. The third-order valence-corrected chi connectivity index (χ3v) is 4.71. The largest absolute Gasteiger partial charge is 0.383 e. The van der Waals surface area contributed by atoms with E-state index in [1.54, 1.807) is 6.07 Å². The molecule has 9 heteroatoms. The molecule has 144 valence electrons. The topological polar surface area (TPSA) is 124 Å². The molecule has 0 spiro atoms. The van der Waals surface area contributed by atoms with Crippen LogP contribution >= 0.6 is 0 Å². The molecule has 9 nitrogen and oxygen atoms in total. The van der Waals surface area contributed by atoms with E-state index in [4.69, 9.17) is 10.5 Å². The van der Waals surface area contributed by atoms with Crippen LogP contribution in [0, 0.1) is 0 Å². The maximum atomic E-state index is 12.9. The van der Waals surface area contributed by atoms with E-state index in [9.17, 15) is 9.59 Å². The number of amides is 2. The van der Waals surface area contributed by atoms with Crippen molar-refractivity contribution in [2.75, 3.05) is 19.0 Å². The lowest BCUT2D eigenvalue weighted by molar-refractivity contribution is 0.0929. The van der Waals surface area contributed by atoms with E-state index in [-0.39, 0.29) is 35.5 Å². The summed E-state index contributed by atoms with van der Waals surface area (Å²) in [6.45, 7) is 0.712. The Bertz CT molecular complexity index is 1060. The normalized spacial score (nSPS) is 15.7. The highest BCUT2D eigenvalue weighted by Gasteiger charge is 2.24. The number of nitrogens with one attached hydrogen (secondary N) is 2. The Labute approximate surface area is 160 Å². The zero-order chi connectivity index (χ0) is 19.7. The van der Waals surface area contributed by atoms with E-state index in [2.05, 4.69) is 20.7 Å². The summed E-state index contributed by atoms with van der Waals surface area (Å²) in [6.07, 6.45) is 2.19. The fourth-order valence-electron chi connectivity index (χ4n) is 3.45. The molecule has 3 aromatic rings. The number of fused-ring (bicyclic) bond motifs is 2. The zero-order valence-corrected chi connectivity index (χ0v) is 15.3. The van der Waals surface area contributed by atoms with Crippen molar-refractivity contribution >= 4 is 23.1 Å². The van der Waals surface area contributed by atoms with Crippen LogP contribution in [0.15, 0.2) is 36.5 Å². The van der Waals surface area contributed by atoms with Crippen molar-refractivity contribution in [3.63, 3.8) is 0 Å². The molecule has 1 unspecified atom stereocenters. The Morgan fingerprint density at radius 1 is 1.36 bits per heavy atom. The highest BCUT2D eigenvalue weighted by atomic mass is 16.5. The molecular formula is C19H20N6O3. The number of carbonyl (C=O) groups is 2. The van der Waals surface area contributed by atoms with Gasteiger partial charge in [0.2, 0.25) is 0 Å². The number of primary amides is 1. The number of ether oxygens (including phenoxy) is 1. The quantitative estimate of drug-likeness (QED) is 0.600. The molecule has 28 heavy (non-hydrogen) atoms. The number of aromatic nitrogens is 3. The van der Waals surface area contributed by atoms with Gasteiger partial charge in [0, 0.05) is 25.5 Å². The van der Waals surface area contributed by atoms with Crippen LogP contribution < -0.4 is 16.4 Å². The monoisotopic (exact) mass is 380 g/mol. The third-order valence-electron chi connectivity index (χ3n) is 4.71. The average molecular weight is 380 g/mol. The smallest absolute Gasteiger partial charge is 0.270 e.